The Morgan fingerprint density at radius 1 is 1.27 bits per heavy atom. The molecule has 0 N–H and O–H groups in total. The molecular formula is C23H28O3. The lowest BCUT2D eigenvalue weighted by atomic mass is 9.53. The highest BCUT2D eigenvalue weighted by Gasteiger charge is 2.63. The number of carbonyl (C=O) groups excluding carboxylic acids is 1. The Hall–Kier alpha value is -1.95. The van der Waals surface area contributed by atoms with Gasteiger partial charge in [-0.3, -0.25) is 4.79 Å². The van der Waals surface area contributed by atoms with Crippen molar-refractivity contribution in [3.8, 4) is 18.1 Å². The maximum absolute atomic E-state index is 11.8. The summed E-state index contributed by atoms with van der Waals surface area (Å²) in [5.41, 5.74) is 2.10. The summed E-state index contributed by atoms with van der Waals surface area (Å²) in [5.74, 6) is 5.35. The molecule has 1 aromatic rings. The second kappa shape index (κ2) is 6.05. The lowest BCUT2D eigenvalue weighted by molar-refractivity contribution is -0.165. The molecule has 3 aliphatic carbocycles. The molecule has 4 rings (SSSR count). The SMILES string of the molecule is C#CC1(OC(C)=O)CCC2C3CCc4cc(OC)ccc4C3CCC21C. The first-order valence-electron chi connectivity index (χ1n) is 9.78. The second-order valence-electron chi connectivity index (χ2n) is 8.54. The largest absolute Gasteiger partial charge is 0.497 e. The molecule has 3 nitrogen and oxygen atoms in total. The van der Waals surface area contributed by atoms with Crippen LogP contribution >= 0.6 is 0 Å². The van der Waals surface area contributed by atoms with E-state index in [1.165, 1.54) is 24.5 Å². The minimum atomic E-state index is -0.728. The van der Waals surface area contributed by atoms with Gasteiger partial charge in [0, 0.05) is 12.3 Å². The van der Waals surface area contributed by atoms with Crippen molar-refractivity contribution in [2.75, 3.05) is 7.11 Å². The van der Waals surface area contributed by atoms with Gasteiger partial charge in [-0.1, -0.05) is 18.9 Å². The van der Waals surface area contributed by atoms with Crippen molar-refractivity contribution in [2.45, 2.75) is 63.9 Å². The van der Waals surface area contributed by atoms with E-state index in [-0.39, 0.29) is 11.4 Å². The number of aryl methyl sites for hydroxylation is 1. The van der Waals surface area contributed by atoms with Crippen LogP contribution in [0.25, 0.3) is 0 Å². The number of hydrogen-bond acceptors (Lipinski definition) is 3. The number of carbonyl (C=O) groups is 1. The minimum Gasteiger partial charge on any atom is -0.497 e. The van der Waals surface area contributed by atoms with Crippen molar-refractivity contribution in [2.24, 2.45) is 17.3 Å². The second-order valence-corrected chi connectivity index (χ2v) is 8.54. The van der Waals surface area contributed by atoms with Gasteiger partial charge in [0.1, 0.15) is 5.75 Å². The van der Waals surface area contributed by atoms with Crippen LogP contribution in [0.4, 0.5) is 0 Å². The molecule has 3 aliphatic rings. The monoisotopic (exact) mass is 352 g/mol. The summed E-state index contributed by atoms with van der Waals surface area (Å²) in [6.07, 6.45) is 12.2. The van der Waals surface area contributed by atoms with Gasteiger partial charge in [-0.15, -0.1) is 6.42 Å². The van der Waals surface area contributed by atoms with Gasteiger partial charge in [-0.05, 0) is 79.5 Å². The summed E-state index contributed by atoms with van der Waals surface area (Å²) >= 11 is 0. The topological polar surface area (TPSA) is 35.5 Å². The zero-order valence-electron chi connectivity index (χ0n) is 16.0. The van der Waals surface area contributed by atoms with E-state index >= 15 is 0 Å². The van der Waals surface area contributed by atoms with E-state index in [1.807, 2.05) is 0 Å². The molecule has 0 bridgehead atoms. The van der Waals surface area contributed by atoms with Crippen LogP contribution in [0.1, 0.15) is 63.0 Å². The molecule has 0 saturated heterocycles. The fourth-order valence-electron chi connectivity index (χ4n) is 6.36. The molecule has 0 aromatic heterocycles. The van der Waals surface area contributed by atoms with E-state index in [2.05, 4.69) is 31.0 Å². The third kappa shape index (κ3) is 2.31. The zero-order valence-corrected chi connectivity index (χ0v) is 16.0. The first-order valence-corrected chi connectivity index (χ1v) is 9.78. The molecule has 1 aromatic carbocycles. The number of rotatable bonds is 2. The van der Waals surface area contributed by atoms with Crippen LogP contribution in [0.3, 0.4) is 0 Å². The third-order valence-corrected chi connectivity index (χ3v) is 7.60. The van der Waals surface area contributed by atoms with Crippen molar-refractivity contribution in [1.29, 1.82) is 0 Å². The maximum atomic E-state index is 11.8. The minimum absolute atomic E-state index is 0.113. The number of esters is 1. The van der Waals surface area contributed by atoms with Crippen LogP contribution in [0, 0.1) is 29.6 Å². The van der Waals surface area contributed by atoms with Gasteiger partial charge in [-0.25, -0.2) is 0 Å². The third-order valence-electron chi connectivity index (χ3n) is 7.60. The summed E-state index contributed by atoms with van der Waals surface area (Å²) < 4.78 is 11.2. The lowest BCUT2D eigenvalue weighted by Gasteiger charge is -2.52. The molecule has 0 amide bonds. The van der Waals surface area contributed by atoms with Crippen molar-refractivity contribution in [3.63, 3.8) is 0 Å². The van der Waals surface area contributed by atoms with Gasteiger partial charge in [0.05, 0.1) is 7.11 Å². The van der Waals surface area contributed by atoms with Crippen molar-refractivity contribution < 1.29 is 14.3 Å². The Bertz CT molecular complexity index is 776. The molecular weight excluding hydrogens is 324 g/mol. The smallest absolute Gasteiger partial charge is 0.304 e. The van der Waals surface area contributed by atoms with Gasteiger partial charge in [-0.2, -0.15) is 0 Å². The average Bonchev–Trinajstić information content (AvgIpc) is 2.93. The molecule has 5 atom stereocenters. The number of benzene rings is 1. The van der Waals surface area contributed by atoms with Crippen LogP contribution < -0.4 is 4.74 Å². The quantitative estimate of drug-likeness (QED) is 0.581. The highest BCUT2D eigenvalue weighted by molar-refractivity contribution is 5.67. The fourth-order valence-corrected chi connectivity index (χ4v) is 6.36. The van der Waals surface area contributed by atoms with E-state index in [0.717, 1.165) is 37.9 Å². The molecule has 26 heavy (non-hydrogen) atoms. The first kappa shape index (κ1) is 17.5. The van der Waals surface area contributed by atoms with Crippen LogP contribution in [0.2, 0.25) is 0 Å². The fraction of sp³-hybridized carbons (Fsp3) is 0.609. The molecule has 0 heterocycles. The molecule has 2 fully saturated rings. The van der Waals surface area contributed by atoms with Crippen molar-refractivity contribution in [3.05, 3.63) is 29.3 Å². The Morgan fingerprint density at radius 2 is 2.08 bits per heavy atom. The summed E-state index contributed by atoms with van der Waals surface area (Å²) in [7, 11) is 1.73. The van der Waals surface area contributed by atoms with Crippen molar-refractivity contribution in [1.82, 2.24) is 0 Å². The van der Waals surface area contributed by atoms with E-state index in [9.17, 15) is 4.79 Å². The average molecular weight is 352 g/mol. The Morgan fingerprint density at radius 3 is 2.77 bits per heavy atom. The van der Waals surface area contributed by atoms with Crippen LogP contribution in [-0.4, -0.2) is 18.7 Å². The Labute approximate surface area is 156 Å². The molecule has 3 heteroatoms. The van der Waals surface area contributed by atoms with Gasteiger partial charge < -0.3 is 9.47 Å². The normalized spacial score (nSPS) is 37.7. The lowest BCUT2D eigenvalue weighted by Crippen LogP contribution is -2.52. The number of ether oxygens (including phenoxy) is 2. The van der Waals surface area contributed by atoms with Crippen LogP contribution in [0.5, 0.6) is 5.75 Å². The number of methoxy groups -OCH3 is 1. The maximum Gasteiger partial charge on any atom is 0.304 e. The Balaban J connectivity index is 1.68. The predicted molar refractivity (Wildman–Crippen MR) is 101 cm³/mol. The highest BCUT2D eigenvalue weighted by Crippen LogP contribution is 2.65. The zero-order chi connectivity index (χ0) is 18.5. The van der Waals surface area contributed by atoms with Crippen LogP contribution in [-0.2, 0) is 16.0 Å². The predicted octanol–water partition coefficient (Wildman–Crippen LogP) is 4.49. The number of terminal acetylenes is 1. The highest BCUT2D eigenvalue weighted by atomic mass is 16.6. The van der Waals surface area contributed by atoms with Gasteiger partial charge in [0.2, 0.25) is 0 Å². The number of hydrogen-bond donors (Lipinski definition) is 0. The summed E-state index contributed by atoms with van der Waals surface area (Å²) in [4.78, 5) is 11.8. The molecule has 2 saturated carbocycles. The van der Waals surface area contributed by atoms with Gasteiger partial charge >= 0.3 is 5.97 Å². The summed E-state index contributed by atoms with van der Waals surface area (Å²) in [6.45, 7) is 3.75. The van der Waals surface area contributed by atoms with Gasteiger partial charge in [0.15, 0.2) is 5.60 Å². The van der Waals surface area contributed by atoms with Gasteiger partial charge in [0.25, 0.3) is 0 Å². The van der Waals surface area contributed by atoms with E-state index in [4.69, 9.17) is 15.9 Å². The van der Waals surface area contributed by atoms with E-state index in [1.54, 1.807) is 7.11 Å². The number of fused-ring (bicyclic) bond motifs is 5. The molecule has 5 unspecified atom stereocenters. The molecule has 0 aliphatic heterocycles. The Kier molecular flexibility index (Phi) is 4.06. The molecule has 0 radical (unpaired) electrons. The van der Waals surface area contributed by atoms with E-state index < -0.39 is 5.60 Å². The summed E-state index contributed by atoms with van der Waals surface area (Å²) in [6, 6.07) is 6.57. The van der Waals surface area contributed by atoms with E-state index in [0.29, 0.717) is 17.8 Å². The summed E-state index contributed by atoms with van der Waals surface area (Å²) in [5, 5.41) is 0. The molecule has 138 valence electrons. The van der Waals surface area contributed by atoms with Crippen LogP contribution in [0.15, 0.2) is 18.2 Å². The first-order chi connectivity index (χ1) is 12.4. The van der Waals surface area contributed by atoms with Crippen molar-refractivity contribution >= 4 is 5.97 Å². The molecule has 0 spiro atoms. The standard InChI is InChI=1S/C23H28O3/c1-5-23(26-15(2)24)13-11-21-20-8-6-16-14-17(25-4)7-9-18(16)19(20)10-12-22(21,23)3/h1,7,9,14,19-21H,6,8,10-13H2,2-4H3.